The third kappa shape index (κ3) is 3.92. The molecular weight excluding hydrogens is 446 g/mol. The number of hydrogen-bond donors (Lipinski definition) is 2. The molecule has 0 fully saturated rings. The first-order chi connectivity index (χ1) is 13.6. The number of benzene rings is 1. The number of carbonyl (C=O) groups excluding carboxylic acids is 1. The van der Waals surface area contributed by atoms with Gasteiger partial charge in [0.1, 0.15) is 9.71 Å². The number of hydrogen-bond acceptors (Lipinski definition) is 4. The topological polar surface area (TPSA) is 68.0 Å². The van der Waals surface area contributed by atoms with Crippen molar-refractivity contribution in [2.24, 2.45) is 11.3 Å². The first kappa shape index (κ1) is 20.4. The Hall–Kier alpha value is -1.92. The fourth-order valence-electron chi connectivity index (χ4n) is 4.00. The van der Waals surface area contributed by atoms with Crippen molar-refractivity contribution in [3.05, 3.63) is 50.4 Å². The van der Waals surface area contributed by atoms with Crippen LogP contribution in [0.2, 0.25) is 0 Å². The molecule has 0 spiro atoms. The molecule has 1 aliphatic carbocycles. The van der Waals surface area contributed by atoms with Crippen LogP contribution in [0, 0.1) is 18.3 Å². The van der Waals surface area contributed by atoms with E-state index in [2.05, 4.69) is 48.1 Å². The highest BCUT2D eigenvalue weighted by Crippen LogP contribution is 2.40. The van der Waals surface area contributed by atoms with E-state index in [4.69, 9.17) is 10.7 Å². The largest absolute Gasteiger partial charge is 0.397 e. The number of nitrogens with two attached hydrogens (primary N) is 1. The van der Waals surface area contributed by atoms with Gasteiger partial charge in [-0.1, -0.05) is 26.8 Å². The molecule has 1 aromatic carbocycles. The van der Waals surface area contributed by atoms with Crippen molar-refractivity contribution >= 4 is 54.8 Å². The van der Waals surface area contributed by atoms with Gasteiger partial charge in [-0.2, -0.15) is 0 Å². The monoisotopic (exact) mass is 471 g/mol. The highest BCUT2D eigenvalue weighted by atomic mass is 79.9. The van der Waals surface area contributed by atoms with Gasteiger partial charge in [-0.15, -0.1) is 11.3 Å². The lowest BCUT2D eigenvalue weighted by molar-refractivity contribution is 0.103. The number of anilines is 2. The van der Waals surface area contributed by atoms with E-state index < -0.39 is 0 Å². The van der Waals surface area contributed by atoms with E-state index in [-0.39, 0.29) is 11.3 Å². The molecule has 3 aromatic rings. The Morgan fingerprint density at radius 1 is 1.31 bits per heavy atom. The van der Waals surface area contributed by atoms with Crippen molar-refractivity contribution in [3.8, 4) is 0 Å². The molecule has 29 heavy (non-hydrogen) atoms. The molecule has 4 nitrogen and oxygen atoms in total. The summed E-state index contributed by atoms with van der Waals surface area (Å²) >= 11 is 4.89. The van der Waals surface area contributed by atoms with E-state index in [0.29, 0.717) is 16.5 Å². The predicted molar refractivity (Wildman–Crippen MR) is 126 cm³/mol. The number of carbonyl (C=O) groups is 1. The van der Waals surface area contributed by atoms with Crippen LogP contribution in [0.5, 0.6) is 0 Å². The van der Waals surface area contributed by atoms with Gasteiger partial charge in [-0.05, 0) is 82.8 Å². The molecule has 0 radical (unpaired) electrons. The van der Waals surface area contributed by atoms with Gasteiger partial charge < -0.3 is 11.1 Å². The van der Waals surface area contributed by atoms with Gasteiger partial charge in [0.2, 0.25) is 0 Å². The van der Waals surface area contributed by atoms with Crippen molar-refractivity contribution in [1.29, 1.82) is 0 Å². The lowest BCUT2D eigenvalue weighted by atomic mass is 9.71. The molecule has 0 bridgehead atoms. The molecule has 0 saturated heterocycles. The number of aromatic nitrogens is 1. The highest BCUT2D eigenvalue weighted by Gasteiger charge is 2.30. The minimum atomic E-state index is -0.194. The van der Waals surface area contributed by atoms with Gasteiger partial charge in [0.25, 0.3) is 5.91 Å². The summed E-state index contributed by atoms with van der Waals surface area (Å²) in [6, 6.07) is 8.01. The van der Waals surface area contributed by atoms with E-state index in [9.17, 15) is 4.79 Å². The van der Waals surface area contributed by atoms with Crippen LogP contribution in [0.15, 0.2) is 28.7 Å². The number of nitrogens with one attached hydrogen (secondary N) is 1. The molecule has 1 unspecified atom stereocenters. The molecule has 1 amide bonds. The number of amides is 1. The van der Waals surface area contributed by atoms with Crippen molar-refractivity contribution in [1.82, 2.24) is 4.98 Å². The smallest absolute Gasteiger partial charge is 0.267 e. The molecule has 6 heteroatoms. The minimum absolute atomic E-state index is 0.194. The Morgan fingerprint density at radius 2 is 2.07 bits per heavy atom. The van der Waals surface area contributed by atoms with Gasteiger partial charge in [-0.25, -0.2) is 4.98 Å². The molecule has 2 heterocycles. The van der Waals surface area contributed by atoms with Gasteiger partial charge in [0.05, 0.1) is 11.4 Å². The summed E-state index contributed by atoms with van der Waals surface area (Å²) < 4.78 is 0.854. The minimum Gasteiger partial charge on any atom is -0.397 e. The van der Waals surface area contributed by atoms with Crippen molar-refractivity contribution in [3.63, 3.8) is 0 Å². The standard InChI is InChI=1S/C23H26BrN3OS/c1-12-5-7-18(16(24)9-12)26-21(28)20-19(25)15-11-13-10-14(23(2,3)4)6-8-17(13)27-22(15)29-20/h5,7,9,11,14H,6,8,10,25H2,1-4H3,(H,26,28). The summed E-state index contributed by atoms with van der Waals surface area (Å²) in [6.07, 6.45) is 3.17. The maximum Gasteiger partial charge on any atom is 0.267 e. The number of rotatable bonds is 2. The molecule has 4 rings (SSSR count). The zero-order chi connectivity index (χ0) is 20.9. The van der Waals surface area contributed by atoms with Crippen molar-refractivity contribution < 1.29 is 4.79 Å². The Balaban J connectivity index is 1.67. The first-order valence-corrected chi connectivity index (χ1v) is 11.5. The average Bonchev–Trinajstić information content (AvgIpc) is 2.97. The zero-order valence-corrected chi connectivity index (χ0v) is 19.6. The number of halogens is 1. The summed E-state index contributed by atoms with van der Waals surface area (Å²) in [5, 5.41) is 3.87. The van der Waals surface area contributed by atoms with Crippen molar-refractivity contribution in [2.45, 2.75) is 47.0 Å². The molecule has 2 aromatic heterocycles. The number of pyridine rings is 1. The van der Waals surface area contributed by atoms with E-state index in [1.54, 1.807) is 0 Å². The van der Waals surface area contributed by atoms with Crippen LogP contribution in [0.1, 0.15) is 53.7 Å². The second-order valence-corrected chi connectivity index (χ2v) is 10.9. The number of thiophene rings is 1. The zero-order valence-electron chi connectivity index (χ0n) is 17.2. The van der Waals surface area contributed by atoms with Gasteiger partial charge >= 0.3 is 0 Å². The number of fused-ring (bicyclic) bond motifs is 2. The lowest BCUT2D eigenvalue weighted by Crippen LogP contribution is -2.27. The summed E-state index contributed by atoms with van der Waals surface area (Å²) in [7, 11) is 0. The van der Waals surface area contributed by atoms with Crippen molar-refractivity contribution in [2.75, 3.05) is 11.1 Å². The van der Waals surface area contributed by atoms with Crippen LogP contribution in [0.25, 0.3) is 10.2 Å². The van der Waals surface area contributed by atoms with E-state index in [0.717, 1.165) is 50.9 Å². The van der Waals surface area contributed by atoms with Gasteiger partial charge in [0.15, 0.2) is 0 Å². The quantitative estimate of drug-likeness (QED) is 0.457. The summed E-state index contributed by atoms with van der Waals surface area (Å²) in [4.78, 5) is 19.2. The van der Waals surface area contributed by atoms with Crippen LogP contribution in [0.4, 0.5) is 11.4 Å². The maximum absolute atomic E-state index is 12.9. The number of nitrogen functional groups attached to an aromatic ring is 1. The van der Waals surface area contributed by atoms with Crippen LogP contribution >= 0.6 is 27.3 Å². The molecule has 152 valence electrons. The van der Waals surface area contributed by atoms with E-state index >= 15 is 0 Å². The predicted octanol–water partition coefficient (Wildman–Crippen LogP) is 6.35. The third-order valence-electron chi connectivity index (χ3n) is 5.89. The normalized spacial score (nSPS) is 16.7. The summed E-state index contributed by atoms with van der Waals surface area (Å²) in [5.41, 5.74) is 11.5. The average molecular weight is 472 g/mol. The Kier molecular flexibility index (Phi) is 5.20. The molecule has 1 atom stereocenters. The third-order valence-corrected chi connectivity index (χ3v) is 7.66. The first-order valence-electron chi connectivity index (χ1n) is 9.91. The maximum atomic E-state index is 12.9. The molecule has 0 saturated carbocycles. The summed E-state index contributed by atoms with van der Waals surface area (Å²) in [6.45, 7) is 8.93. The van der Waals surface area contributed by atoms with Crippen LogP contribution in [-0.2, 0) is 12.8 Å². The molecular formula is C23H26BrN3OS. The molecule has 0 aliphatic heterocycles. The molecule has 1 aliphatic rings. The fraction of sp³-hybridized carbons (Fsp3) is 0.391. The SMILES string of the molecule is Cc1ccc(NC(=O)c2sc3nc4c(cc3c2N)CC(C(C)(C)C)CC4)c(Br)c1. The lowest BCUT2D eigenvalue weighted by Gasteiger charge is -2.34. The molecule has 3 N–H and O–H groups in total. The number of nitrogens with zero attached hydrogens (tertiary/aromatic N) is 1. The number of aryl methyl sites for hydroxylation is 2. The Bertz CT molecular complexity index is 1110. The Morgan fingerprint density at radius 3 is 2.76 bits per heavy atom. The van der Waals surface area contributed by atoms with Crippen LogP contribution in [-0.4, -0.2) is 10.9 Å². The van der Waals surface area contributed by atoms with E-state index in [1.807, 2.05) is 25.1 Å². The summed E-state index contributed by atoms with van der Waals surface area (Å²) in [5.74, 6) is 0.441. The Labute approximate surface area is 184 Å². The van der Waals surface area contributed by atoms with Crippen LogP contribution < -0.4 is 11.1 Å². The second kappa shape index (κ2) is 7.40. The fourth-order valence-corrected chi connectivity index (χ4v) is 5.58. The second-order valence-electron chi connectivity index (χ2n) is 9.03. The van der Waals surface area contributed by atoms with Gasteiger partial charge in [0, 0.05) is 15.6 Å². The highest BCUT2D eigenvalue weighted by molar-refractivity contribution is 9.10. The van der Waals surface area contributed by atoms with E-state index in [1.165, 1.54) is 16.9 Å². The van der Waals surface area contributed by atoms with Crippen LogP contribution in [0.3, 0.4) is 0 Å². The van der Waals surface area contributed by atoms with Gasteiger partial charge in [-0.3, -0.25) is 4.79 Å².